The van der Waals surface area contributed by atoms with E-state index in [-0.39, 0.29) is 11.9 Å². The number of fused-ring (bicyclic) bond motifs is 1. The zero-order valence-electron chi connectivity index (χ0n) is 14.1. The molecule has 1 saturated heterocycles. The maximum Gasteiger partial charge on any atom is 0.244 e. The number of nitrogens with zero attached hydrogens (tertiary/aromatic N) is 6. The number of carbonyl (C=O) groups is 1. The van der Waals surface area contributed by atoms with Gasteiger partial charge in [-0.1, -0.05) is 6.92 Å². The van der Waals surface area contributed by atoms with Crippen LogP contribution in [0.1, 0.15) is 19.8 Å². The van der Waals surface area contributed by atoms with Crippen LogP contribution in [-0.4, -0.2) is 31.3 Å². The predicted octanol–water partition coefficient (Wildman–Crippen LogP) is 2.39. The van der Waals surface area contributed by atoms with Crippen molar-refractivity contribution in [3.63, 3.8) is 0 Å². The molecule has 4 heterocycles. The van der Waals surface area contributed by atoms with Crippen LogP contribution in [0.2, 0.25) is 0 Å². The van der Waals surface area contributed by atoms with Crippen LogP contribution in [0.3, 0.4) is 0 Å². The fourth-order valence-corrected chi connectivity index (χ4v) is 3.53. The highest BCUT2D eigenvalue weighted by Gasteiger charge is 2.40. The Morgan fingerprint density at radius 1 is 1.32 bits per heavy atom. The molecule has 0 saturated carbocycles. The van der Waals surface area contributed by atoms with Crippen molar-refractivity contribution < 1.29 is 4.79 Å². The number of amides is 1. The molecule has 0 bridgehead atoms. The summed E-state index contributed by atoms with van der Waals surface area (Å²) in [7, 11) is 1.87. The molecule has 2 unspecified atom stereocenters. The van der Waals surface area contributed by atoms with E-state index < -0.39 is 5.92 Å². The van der Waals surface area contributed by atoms with Crippen LogP contribution >= 0.6 is 0 Å². The van der Waals surface area contributed by atoms with Gasteiger partial charge in [-0.15, -0.1) is 0 Å². The maximum atomic E-state index is 12.7. The lowest BCUT2D eigenvalue weighted by Crippen LogP contribution is -2.33. The van der Waals surface area contributed by atoms with Gasteiger partial charge in [0.05, 0.1) is 23.5 Å². The molecule has 0 radical (unpaired) electrons. The van der Waals surface area contributed by atoms with E-state index in [0.29, 0.717) is 6.42 Å². The molecule has 1 fully saturated rings. The third-order valence-electron chi connectivity index (χ3n) is 4.82. The third kappa shape index (κ3) is 2.38. The summed E-state index contributed by atoms with van der Waals surface area (Å²) in [6.45, 7) is 2.04. The van der Waals surface area contributed by atoms with Crippen LogP contribution in [0.5, 0.6) is 0 Å². The second-order valence-corrected chi connectivity index (χ2v) is 6.37. The molecule has 2 atom stereocenters. The van der Waals surface area contributed by atoms with Crippen LogP contribution in [0, 0.1) is 17.2 Å². The summed E-state index contributed by atoms with van der Waals surface area (Å²) in [6.07, 6.45) is 8.76. The fraction of sp³-hybridized carbons (Fsp3) is 0.333. The van der Waals surface area contributed by atoms with E-state index in [2.05, 4.69) is 16.3 Å². The summed E-state index contributed by atoms with van der Waals surface area (Å²) in [6, 6.07) is 6.04. The van der Waals surface area contributed by atoms with E-state index in [1.165, 1.54) is 0 Å². The number of hydrogen-bond acceptors (Lipinski definition) is 4. The zero-order chi connectivity index (χ0) is 17.6. The SMILES string of the molecule is CCC1CC(C#N)C(=O)N1c1ccnn2cc(-c3cnn(C)c3)cc12. The van der Waals surface area contributed by atoms with Crippen molar-refractivity contribution in [3.8, 4) is 17.2 Å². The summed E-state index contributed by atoms with van der Waals surface area (Å²) >= 11 is 0. The van der Waals surface area contributed by atoms with E-state index in [0.717, 1.165) is 28.8 Å². The van der Waals surface area contributed by atoms with Gasteiger partial charge in [0.2, 0.25) is 5.91 Å². The standard InChI is InChI=1S/C18H18N6O/c1-3-15-6-12(8-19)18(25)24(15)16-4-5-20-23-11-13(7-17(16)23)14-9-21-22(2)10-14/h4-5,7,9-12,15H,3,6H2,1-2H3. The van der Waals surface area contributed by atoms with Gasteiger partial charge in [-0.05, 0) is 25.0 Å². The van der Waals surface area contributed by atoms with Crippen LogP contribution in [0.15, 0.2) is 36.9 Å². The minimum absolute atomic E-state index is 0.0418. The van der Waals surface area contributed by atoms with Crippen molar-refractivity contribution in [1.29, 1.82) is 5.26 Å². The summed E-state index contributed by atoms with van der Waals surface area (Å²) < 4.78 is 3.53. The Balaban J connectivity index is 1.84. The lowest BCUT2D eigenvalue weighted by molar-refractivity contribution is -0.119. The number of carbonyl (C=O) groups excluding carboxylic acids is 1. The smallest absolute Gasteiger partial charge is 0.244 e. The monoisotopic (exact) mass is 334 g/mol. The largest absolute Gasteiger partial charge is 0.306 e. The van der Waals surface area contributed by atoms with Crippen molar-refractivity contribution in [1.82, 2.24) is 19.4 Å². The lowest BCUT2D eigenvalue weighted by atomic mass is 10.1. The Bertz CT molecular complexity index is 995. The molecule has 3 aromatic rings. The number of nitriles is 1. The molecule has 0 aliphatic carbocycles. The normalized spacial score (nSPS) is 20.4. The van der Waals surface area contributed by atoms with E-state index in [4.69, 9.17) is 0 Å². The first-order chi connectivity index (χ1) is 12.1. The first-order valence-corrected chi connectivity index (χ1v) is 8.31. The Morgan fingerprint density at radius 2 is 2.16 bits per heavy atom. The van der Waals surface area contributed by atoms with E-state index >= 15 is 0 Å². The second-order valence-electron chi connectivity index (χ2n) is 6.37. The van der Waals surface area contributed by atoms with Gasteiger partial charge in [-0.3, -0.25) is 9.48 Å². The first-order valence-electron chi connectivity index (χ1n) is 8.31. The van der Waals surface area contributed by atoms with Crippen molar-refractivity contribution in [2.24, 2.45) is 13.0 Å². The molecule has 25 heavy (non-hydrogen) atoms. The van der Waals surface area contributed by atoms with Gasteiger partial charge >= 0.3 is 0 Å². The van der Waals surface area contributed by atoms with Crippen LogP contribution in [-0.2, 0) is 11.8 Å². The Hall–Kier alpha value is -3.14. The summed E-state index contributed by atoms with van der Waals surface area (Å²) in [4.78, 5) is 14.5. The zero-order valence-corrected chi connectivity index (χ0v) is 14.1. The van der Waals surface area contributed by atoms with Gasteiger partial charge in [-0.2, -0.15) is 15.5 Å². The number of aromatic nitrogens is 4. The van der Waals surface area contributed by atoms with Gasteiger partial charge < -0.3 is 4.90 Å². The Kier molecular flexibility index (Phi) is 3.53. The Morgan fingerprint density at radius 3 is 2.84 bits per heavy atom. The summed E-state index contributed by atoms with van der Waals surface area (Å²) in [5.74, 6) is -0.683. The van der Waals surface area contributed by atoms with Gasteiger partial charge in [0.15, 0.2) is 0 Å². The van der Waals surface area contributed by atoms with Gasteiger partial charge in [0, 0.05) is 42.8 Å². The predicted molar refractivity (Wildman–Crippen MR) is 92.7 cm³/mol. The lowest BCUT2D eigenvalue weighted by Gasteiger charge is -2.24. The number of rotatable bonds is 3. The highest BCUT2D eigenvalue weighted by atomic mass is 16.2. The summed E-state index contributed by atoms with van der Waals surface area (Å²) in [5, 5.41) is 17.8. The van der Waals surface area contributed by atoms with Gasteiger partial charge in [0.25, 0.3) is 0 Å². The minimum Gasteiger partial charge on any atom is -0.306 e. The number of anilines is 1. The summed E-state index contributed by atoms with van der Waals surface area (Å²) in [5.41, 5.74) is 3.64. The topological polar surface area (TPSA) is 79.2 Å². The van der Waals surface area contributed by atoms with Crippen molar-refractivity contribution >= 4 is 17.1 Å². The third-order valence-corrected chi connectivity index (χ3v) is 4.82. The molecule has 3 aromatic heterocycles. The minimum atomic E-state index is -0.564. The highest BCUT2D eigenvalue weighted by molar-refractivity contribution is 6.03. The molecule has 1 aliphatic heterocycles. The maximum absolute atomic E-state index is 12.7. The van der Waals surface area contributed by atoms with Crippen LogP contribution in [0.25, 0.3) is 16.6 Å². The van der Waals surface area contributed by atoms with Gasteiger partial charge in [0.1, 0.15) is 5.92 Å². The molecule has 0 N–H and O–H groups in total. The fourth-order valence-electron chi connectivity index (χ4n) is 3.53. The molecule has 7 nitrogen and oxygen atoms in total. The Labute approximate surface area is 145 Å². The number of hydrogen-bond donors (Lipinski definition) is 0. The molecule has 1 aliphatic rings. The molecule has 126 valence electrons. The molecule has 0 aromatic carbocycles. The van der Waals surface area contributed by atoms with E-state index in [9.17, 15) is 10.1 Å². The average Bonchev–Trinajstić information content (AvgIpc) is 3.30. The first kappa shape index (κ1) is 15.4. The van der Waals surface area contributed by atoms with Gasteiger partial charge in [-0.25, -0.2) is 4.52 Å². The highest BCUT2D eigenvalue weighted by Crippen LogP contribution is 2.35. The molecule has 4 rings (SSSR count). The van der Waals surface area contributed by atoms with E-state index in [1.807, 2.05) is 38.5 Å². The quantitative estimate of drug-likeness (QED) is 0.737. The molecular formula is C18H18N6O. The van der Waals surface area contributed by atoms with E-state index in [1.54, 1.807) is 26.5 Å². The molecule has 0 spiro atoms. The van der Waals surface area contributed by atoms with Crippen LogP contribution in [0.4, 0.5) is 5.69 Å². The van der Waals surface area contributed by atoms with Crippen molar-refractivity contribution in [2.75, 3.05) is 4.90 Å². The van der Waals surface area contributed by atoms with Crippen LogP contribution < -0.4 is 4.90 Å². The second kappa shape index (κ2) is 5.74. The molecule has 1 amide bonds. The van der Waals surface area contributed by atoms with Crippen molar-refractivity contribution in [2.45, 2.75) is 25.8 Å². The number of aryl methyl sites for hydroxylation is 1. The average molecular weight is 334 g/mol. The molecule has 7 heteroatoms. The van der Waals surface area contributed by atoms with Crippen molar-refractivity contribution in [3.05, 3.63) is 36.9 Å². The molecular weight excluding hydrogens is 316 g/mol.